The molecule has 1 aliphatic carbocycles. The van der Waals surface area contributed by atoms with Gasteiger partial charge >= 0.3 is 11.9 Å². The molecular weight excluding hydrogens is 684 g/mol. The Bertz CT molecular complexity index is 2000. The van der Waals surface area contributed by atoms with E-state index in [9.17, 15) is 29.4 Å². The molecule has 6 rings (SSSR count). The number of benzene rings is 5. The monoisotopic (exact) mass is 726 g/mol. The lowest BCUT2D eigenvalue weighted by molar-refractivity contribution is -0.188. The van der Waals surface area contributed by atoms with Crippen LogP contribution in [-0.2, 0) is 38.8 Å². The zero-order valence-electron chi connectivity index (χ0n) is 29.9. The fourth-order valence-corrected chi connectivity index (χ4v) is 6.97. The molecule has 0 heterocycles. The molecule has 1 aliphatic rings. The third-order valence-corrected chi connectivity index (χ3v) is 9.57. The van der Waals surface area contributed by atoms with Gasteiger partial charge in [-0.1, -0.05) is 97.9 Å². The number of hydrogen-bond donors (Lipinski definition) is 2. The Balaban J connectivity index is 1.22. The molecule has 2 unspecified atom stereocenters. The Hall–Kier alpha value is -6.42. The molecule has 276 valence electrons. The summed E-state index contributed by atoms with van der Waals surface area (Å²) in [6, 6.07) is 42.2. The Kier molecular flexibility index (Phi) is 12.0. The maximum Gasteiger partial charge on any atom is 0.308 e. The van der Waals surface area contributed by atoms with Gasteiger partial charge in [-0.2, -0.15) is 0 Å². The van der Waals surface area contributed by atoms with Crippen molar-refractivity contribution >= 4 is 23.8 Å². The molecule has 0 bridgehead atoms. The normalized spacial score (nSPS) is 17.4. The third-order valence-electron chi connectivity index (χ3n) is 9.57. The van der Waals surface area contributed by atoms with Gasteiger partial charge in [-0.25, -0.2) is 0 Å². The highest BCUT2D eigenvalue weighted by atomic mass is 16.5. The van der Waals surface area contributed by atoms with E-state index >= 15 is 0 Å². The molecule has 0 aliphatic heterocycles. The van der Waals surface area contributed by atoms with Crippen molar-refractivity contribution in [2.45, 2.75) is 33.0 Å². The van der Waals surface area contributed by atoms with E-state index < -0.39 is 47.4 Å². The molecule has 54 heavy (non-hydrogen) atoms. The lowest BCUT2D eigenvalue weighted by Crippen LogP contribution is -2.64. The van der Waals surface area contributed by atoms with Gasteiger partial charge in [0, 0.05) is 26.2 Å². The van der Waals surface area contributed by atoms with Crippen molar-refractivity contribution in [3.05, 3.63) is 156 Å². The number of para-hydroxylation sites is 2. The Labute approximate surface area is 314 Å². The third kappa shape index (κ3) is 8.95. The average Bonchev–Trinajstić information content (AvgIpc) is 3.16. The van der Waals surface area contributed by atoms with Gasteiger partial charge in [0.2, 0.25) is 11.8 Å². The van der Waals surface area contributed by atoms with Gasteiger partial charge in [-0.15, -0.1) is 0 Å². The second-order valence-electron chi connectivity index (χ2n) is 13.3. The molecule has 0 radical (unpaired) electrons. The van der Waals surface area contributed by atoms with Crippen molar-refractivity contribution in [3.63, 3.8) is 0 Å². The van der Waals surface area contributed by atoms with E-state index in [2.05, 4.69) is 0 Å². The second kappa shape index (κ2) is 17.4. The van der Waals surface area contributed by atoms with Crippen LogP contribution < -0.4 is 9.47 Å². The number of carbonyl (C=O) groups excluding carboxylic acids is 2. The summed E-state index contributed by atoms with van der Waals surface area (Å²) < 4.78 is 11.8. The van der Waals surface area contributed by atoms with Crippen molar-refractivity contribution in [3.8, 4) is 23.0 Å². The summed E-state index contributed by atoms with van der Waals surface area (Å²) in [6.45, 7) is 2.49. The average molecular weight is 727 g/mol. The van der Waals surface area contributed by atoms with E-state index in [1.807, 2.05) is 122 Å². The Morgan fingerprint density at radius 2 is 0.796 bits per heavy atom. The number of carboxylic acids is 2. The molecular formula is C44H42N2O8. The number of carboxylic acid groups (broad SMARTS) is 2. The quantitative estimate of drug-likeness (QED) is 0.105. The number of rotatable bonds is 16. The molecule has 0 aromatic heterocycles. The van der Waals surface area contributed by atoms with Crippen LogP contribution in [0.25, 0.3) is 0 Å². The maximum atomic E-state index is 14.4. The summed E-state index contributed by atoms with van der Waals surface area (Å²) in [4.78, 5) is 57.3. The van der Waals surface area contributed by atoms with E-state index in [4.69, 9.17) is 9.47 Å². The highest BCUT2D eigenvalue weighted by Gasteiger charge is 2.64. The highest BCUT2D eigenvalue weighted by Crippen LogP contribution is 2.49. The largest absolute Gasteiger partial charge is 0.481 e. The fourth-order valence-electron chi connectivity index (χ4n) is 6.97. The maximum absolute atomic E-state index is 14.4. The molecule has 10 heteroatoms. The SMILES string of the molecule is CCCN(Cc1ccc(Oc2ccccc2)cc1)C(=O)C1C(C(=O)O)C(C(=O)N(Cc2ccccc2)Cc2ccc(Oc3ccccc3)cc2)C1C(=O)O. The van der Waals surface area contributed by atoms with Crippen LogP contribution in [-0.4, -0.2) is 50.3 Å². The molecule has 2 amide bonds. The van der Waals surface area contributed by atoms with E-state index in [1.165, 1.54) is 9.80 Å². The van der Waals surface area contributed by atoms with Crippen LogP contribution >= 0.6 is 0 Å². The molecule has 0 spiro atoms. The van der Waals surface area contributed by atoms with Crippen molar-refractivity contribution in [2.24, 2.45) is 23.7 Å². The molecule has 10 nitrogen and oxygen atoms in total. The minimum atomic E-state index is -1.52. The first-order valence-corrected chi connectivity index (χ1v) is 17.9. The van der Waals surface area contributed by atoms with E-state index in [1.54, 1.807) is 24.3 Å². The predicted molar refractivity (Wildman–Crippen MR) is 202 cm³/mol. The zero-order chi connectivity index (χ0) is 38.0. The fraction of sp³-hybridized carbons (Fsp3) is 0.227. The standard InChI is InChI=1S/C44H42N2O8/c1-2-26-45(27-31-18-22-35(23-19-31)53-33-14-8-4-9-15-33)41(47)37-39(43(49)50)38(40(37)44(51)52)42(48)46(28-30-12-6-3-7-13-30)29-32-20-24-36(25-21-32)54-34-16-10-5-11-17-34/h3-25,37-40H,2,26-29H2,1H3,(H,49,50)(H,51,52). The molecule has 1 saturated carbocycles. The van der Waals surface area contributed by atoms with Gasteiger partial charge in [0.05, 0.1) is 23.7 Å². The van der Waals surface area contributed by atoms with Gasteiger partial charge in [0.1, 0.15) is 23.0 Å². The first kappa shape index (κ1) is 37.3. The summed E-state index contributed by atoms with van der Waals surface area (Å²) in [5.74, 6) is -7.38. The van der Waals surface area contributed by atoms with Crippen molar-refractivity contribution < 1.29 is 38.9 Å². The molecule has 1 fully saturated rings. The van der Waals surface area contributed by atoms with Crippen LogP contribution in [0.5, 0.6) is 23.0 Å². The van der Waals surface area contributed by atoms with Gasteiger partial charge in [-0.3, -0.25) is 19.2 Å². The number of hydrogen-bond acceptors (Lipinski definition) is 6. The topological polar surface area (TPSA) is 134 Å². The van der Waals surface area contributed by atoms with Gasteiger partial charge in [0.25, 0.3) is 0 Å². The smallest absolute Gasteiger partial charge is 0.308 e. The van der Waals surface area contributed by atoms with Gasteiger partial charge in [0.15, 0.2) is 0 Å². The van der Waals surface area contributed by atoms with Gasteiger partial charge < -0.3 is 29.5 Å². The minimum absolute atomic E-state index is 0.0824. The van der Waals surface area contributed by atoms with Crippen LogP contribution in [0.2, 0.25) is 0 Å². The lowest BCUT2D eigenvalue weighted by Gasteiger charge is -2.48. The van der Waals surface area contributed by atoms with Gasteiger partial charge in [-0.05, 0) is 71.6 Å². The first-order valence-electron chi connectivity index (χ1n) is 17.9. The molecule has 5 aromatic carbocycles. The molecule has 2 atom stereocenters. The van der Waals surface area contributed by atoms with Crippen molar-refractivity contribution in [1.82, 2.24) is 9.80 Å². The van der Waals surface area contributed by atoms with E-state index in [0.717, 1.165) is 16.7 Å². The number of aliphatic carboxylic acids is 2. The summed E-state index contributed by atoms with van der Waals surface area (Å²) in [6.07, 6.45) is 0.561. The lowest BCUT2D eigenvalue weighted by atomic mass is 9.55. The van der Waals surface area contributed by atoms with Crippen molar-refractivity contribution in [2.75, 3.05) is 6.54 Å². The molecule has 0 saturated heterocycles. The summed E-state index contributed by atoms with van der Waals surface area (Å²) in [7, 11) is 0. The number of nitrogens with zero attached hydrogens (tertiary/aromatic N) is 2. The zero-order valence-corrected chi connectivity index (χ0v) is 29.9. The minimum Gasteiger partial charge on any atom is -0.481 e. The number of amides is 2. The predicted octanol–water partition coefficient (Wildman–Crippen LogP) is 7.89. The molecule has 2 N–H and O–H groups in total. The van der Waals surface area contributed by atoms with Crippen molar-refractivity contribution in [1.29, 1.82) is 0 Å². The van der Waals surface area contributed by atoms with Crippen LogP contribution in [0.1, 0.15) is 30.0 Å². The van der Waals surface area contributed by atoms with E-state index in [-0.39, 0.29) is 26.2 Å². The molecule has 5 aromatic rings. The number of ether oxygens (including phenoxy) is 2. The van der Waals surface area contributed by atoms with Crippen LogP contribution in [0.4, 0.5) is 0 Å². The Morgan fingerprint density at radius 1 is 0.463 bits per heavy atom. The summed E-state index contributed by atoms with van der Waals surface area (Å²) >= 11 is 0. The van der Waals surface area contributed by atoms with Crippen LogP contribution in [0.3, 0.4) is 0 Å². The first-order chi connectivity index (χ1) is 26.2. The van der Waals surface area contributed by atoms with Crippen LogP contribution in [0.15, 0.2) is 140 Å². The summed E-state index contributed by atoms with van der Waals surface area (Å²) in [5, 5.41) is 21.0. The summed E-state index contributed by atoms with van der Waals surface area (Å²) in [5.41, 5.74) is 2.28. The van der Waals surface area contributed by atoms with Crippen LogP contribution in [0, 0.1) is 23.7 Å². The van der Waals surface area contributed by atoms with E-state index in [0.29, 0.717) is 29.4 Å². The number of carbonyl (C=O) groups is 4. The Morgan fingerprint density at radius 3 is 1.19 bits per heavy atom. The highest BCUT2D eigenvalue weighted by molar-refractivity contribution is 5.99. The second-order valence-corrected chi connectivity index (χ2v) is 13.3.